The zero-order chi connectivity index (χ0) is 14.3. The molecule has 6 heteroatoms. The molecule has 0 bridgehead atoms. The third-order valence-corrected chi connectivity index (χ3v) is 2.71. The highest BCUT2D eigenvalue weighted by Crippen LogP contribution is 2.21. The van der Waals surface area contributed by atoms with Crippen molar-refractivity contribution in [1.82, 2.24) is 4.90 Å². The van der Waals surface area contributed by atoms with Gasteiger partial charge in [-0.25, -0.2) is 4.39 Å². The Kier molecular flexibility index (Phi) is 6.08. The average molecular weight is 269 g/mol. The fourth-order valence-electron chi connectivity index (χ4n) is 1.87. The van der Waals surface area contributed by atoms with Crippen molar-refractivity contribution in [3.05, 3.63) is 29.6 Å². The van der Waals surface area contributed by atoms with Gasteiger partial charge in [0.25, 0.3) is 0 Å². The topological polar surface area (TPSA) is 71.1 Å². The molecular formula is C13H20FN3O2. The van der Waals surface area contributed by atoms with E-state index >= 15 is 0 Å². The van der Waals surface area contributed by atoms with Gasteiger partial charge >= 0.3 is 0 Å². The Morgan fingerprint density at radius 2 is 2.26 bits per heavy atom. The highest BCUT2D eigenvalue weighted by molar-refractivity contribution is 5.81. The SMILES string of the molecule is CCCN(C/C(N)=N/O)Cc1cccc(OC)c1F. The third-order valence-electron chi connectivity index (χ3n) is 2.71. The number of rotatable bonds is 7. The fraction of sp³-hybridized carbons (Fsp3) is 0.462. The lowest BCUT2D eigenvalue weighted by Gasteiger charge is -2.21. The maximum Gasteiger partial charge on any atom is 0.169 e. The van der Waals surface area contributed by atoms with Crippen molar-refractivity contribution in [2.75, 3.05) is 20.2 Å². The molecule has 0 atom stereocenters. The molecule has 0 unspecified atom stereocenters. The number of oxime groups is 1. The average Bonchev–Trinajstić information content (AvgIpc) is 2.41. The fourth-order valence-corrected chi connectivity index (χ4v) is 1.87. The highest BCUT2D eigenvalue weighted by atomic mass is 19.1. The third kappa shape index (κ3) is 4.40. The number of hydrogen-bond acceptors (Lipinski definition) is 4. The van der Waals surface area contributed by atoms with Crippen LogP contribution in [0, 0.1) is 5.82 Å². The van der Waals surface area contributed by atoms with Crippen LogP contribution in [0.4, 0.5) is 4.39 Å². The molecule has 106 valence electrons. The van der Waals surface area contributed by atoms with E-state index in [1.165, 1.54) is 7.11 Å². The smallest absolute Gasteiger partial charge is 0.169 e. The molecule has 3 N–H and O–H groups in total. The first kappa shape index (κ1) is 15.2. The Hall–Kier alpha value is -1.82. The normalized spacial score (nSPS) is 11.9. The van der Waals surface area contributed by atoms with E-state index in [0.717, 1.165) is 13.0 Å². The molecule has 0 amide bonds. The van der Waals surface area contributed by atoms with E-state index in [1.807, 2.05) is 11.8 Å². The number of hydrogen-bond donors (Lipinski definition) is 2. The molecule has 0 fully saturated rings. The van der Waals surface area contributed by atoms with E-state index in [-0.39, 0.29) is 17.4 Å². The lowest BCUT2D eigenvalue weighted by atomic mass is 10.1. The summed E-state index contributed by atoms with van der Waals surface area (Å²) >= 11 is 0. The second-order valence-corrected chi connectivity index (χ2v) is 4.24. The number of nitrogens with two attached hydrogens (primary N) is 1. The van der Waals surface area contributed by atoms with E-state index < -0.39 is 0 Å². The molecule has 0 aliphatic rings. The molecule has 0 aromatic heterocycles. The molecule has 1 aromatic rings. The summed E-state index contributed by atoms with van der Waals surface area (Å²) in [5, 5.41) is 11.5. The minimum atomic E-state index is -0.370. The molecule has 0 spiro atoms. The van der Waals surface area contributed by atoms with Crippen molar-refractivity contribution in [3.63, 3.8) is 0 Å². The van der Waals surface area contributed by atoms with Gasteiger partial charge in [0.1, 0.15) is 0 Å². The van der Waals surface area contributed by atoms with Crippen LogP contribution in [-0.4, -0.2) is 36.1 Å². The predicted octanol–water partition coefficient (Wildman–Crippen LogP) is 1.79. The number of methoxy groups -OCH3 is 1. The summed E-state index contributed by atoms with van der Waals surface area (Å²) in [4.78, 5) is 1.91. The molecular weight excluding hydrogens is 249 g/mol. The molecule has 5 nitrogen and oxygen atoms in total. The number of halogens is 1. The maximum absolute atomic E-state index is 14.0. The molecule has 0 radical (unpaired) electrons. The summed E-state index contributed by atoms with van der Waals surface area (Å²) in [7, 11) is 1.43. The van der Waals surface area contributed by atoms with Crippen LogP contribution in [0.25, 0.3) is 0 Å². The lowest BCUT2D eigenvalue weighted by molar-refractivity contribution is 0.281. The van der Waals surface area contributed by atoms with Gasteiger partial charge in [0.05, 0.1) is 13.7 Å². The van der Waals surface area contributed by atoms with Crippen LogP contribution in [0.2, 0.25) is 0 Å². The van der Waals surface area contributed by atoms with Crippen molar-refractivity contribution < 1.29 is 14.3 Å². The van der Waals surface area contributed by atoms with Crippen molar-refractivity contribution in [3.8, 4) is 5.75 Å². The molecule has 0 aliphatic carbocycles. The second kappa shape index (κ2) is 7.58. The second-order valence-electron chi connectivity index (χ2n) is 4.24. The number of nitrogens with zero attached hydrogens (tertiary/aromatic N) is 2. The van der Waals surface area contributed by atoms with Crippen LogP contribution in [0.3, 0.4) is 0 Å². The van der Waals surface area contributed by atoms with Crippen molar-refractivity contribution >= 4 is 5.84 Å². The zero-order valence-electron chi connectivity index (χ0n) is 11.3. The Labute approximate surface area is 112 Å². The van der Waals surface area contributed by atoms with Gasteiger partial charge in [-0.15, -0.1) is 0 Å². The molecule has 0 saturated carbocycles. The van der Waals surface area contributed by atoms with Gasteiger partial charge in [0.15, 0.2) is 17.4 Å². The molecule has 0 saturated heterocycles. The van der Waals surface area contributed by atoms with Crippen molar-refractivity contribution in [1.29, 1.82) is 0 Å². The summed E-state index contributed by atoms with van der Waals surface area (Å²) in [6.45, 7) is 3.42. The Morgan fingerprint density at radius 1 is 1.53 bits per heavy atom. The minimum absolute atomic E-state index is 0.108. The van der Waals surface area contributed by atoms with Crippen LogP contribution < -0.4 is 10.5 Å². The Morgan fingerprint density at radius 3 is 2.84 bits per heavy atom. The predicted molar refractivity (Wildman–Crippen MR) is 71.9 cm³/mol. The van der Waals surface area contributed by atoms with Crippen LogP contribution in [-0.2, 0) is 6.54 Å². The zero-order valence-corrected chi connectivity index (χ0v) is 11.3. The summed E-state index contributed by atoms with van der Waals surface area (Å²) in [6.07, 6.45) is 0.893. The molecule has 1 aromatic carbocycles. The molecule has 0 heterocycles. The number of benzene rings is 1. The van der Waals surface area contributed by atoms with Gasteiger partial charge in [-0.05, 0) is 19.0 Å². The number of amidine groups is 1. The van der Waals surface area contributed by atoms with Crippen LogP contribution in [0.15, 0.2) is 23.4 Å². The van der Waals surface area contributed by atoms with E-state index in [0.29, 0.717) is 18.7 Å². The van der Waals surface area contributed by atoms with Gasteiger partial charge < -0.3 is 15.7 Å². The quantitative estimate of drug-likeness (QED) is 0.343. The first-order valence-corrected chi connectivity index (χ1v) is 6.12. The highest BCUT2D eigenvalue weighted by Gasteiger charge is 2.13. The largest absolute Gasteiger partial charge is 0.494 e. The van der Waals surface area contributed by atoms with Crippen LogP contribution in [0.1, 0.15) is 18.9 Å². The monoisotopic (exact) mass is 269 g/mol. The van der Waals surface area contributed by atoms with E-state index in [2.05, 4.69) is 5.16 Å². The minimum Gasteiger partial charge on any atom is -0.494 e. The van der Waals surface area contributed by atoms with E-state index in [9.17, 15) is 4.39 Å². The van der Waals surface area contributed by atoms with E-state index in [1.54, 1.807) is 18.2 Å². The van der Waals surface area contributed by atoms with Gasteiger partial charge in [-0.1, -0.05) is 24.2 Å². The summed E-state index contributed by atoms with van der Waals surface area (Å²) in [6, 6.07) is 5.02. The van der Waals surface area contributed by atoms with Crippen LogP contribution in [0.5, 0.6) is 5.75 Å². The Bertz CT molecular complexity index is 438. The summed E-state index contributed by atoms with van der Waals surface area (Å²) in [5.74, 6) is -0.0416. The van der Waals surface area contributed by atoms with Crippen LogP contribution >= 0.6 is 0 Å². The van der Waals surface area contributed by atoms with Crippen molar-refractivity contribution in [2.24, 2.45) is 10.9 Å². The van der Waals surface area contributed by atoms with Gasteiger partial charge in [-0.2, -0.15) is 0 Å². The van der Waals surface area contributed by atoms with E-state index in [4.69, 9.17) is 15.7 Å². The van der Waals surface area contributed by atoms with Gasteiger partial charge in [0.2, 0.25) is 0 Å². The maximum atomic E-state index is 14.0. The molecule has 1 rings (SSSR count). The van der Waals surface area contributed by atoms with Gasteiger partial charge in [-0.3, -0.25) is 4.90 Å². The number of ether oxygens (including phenoxy) is 1. The van der Waals surface area contributed by atoms with Crippen molar-refractivity contribution in [2.45, 2.75) is 19.9 Å². The first-order chi connectivity index (χ1) is 9.12. The lowest BCUT2D eigenvalue weighted by Crippen LogP contribution is -2.34. The molecule has 0 aliphatic heterocycles. The standard InChI is InChI=1S/C13H20FN3O2/c1-3-7-17(9-12(15)16-18)8-10-5-4-6-11(19-2)13(10)14/h4-6,18H,3,7-9H2,1-2H3,(H2,15,16). The van der Waals surface area contributed by atoms with Gasteiger partial charge in [0, 0.05) is 12.1 Å². The molecule has 19 heavy (non-hydrogen) atoms. The first-order valence-electron chi connectivity index (χ1n) is 6.12. The summed E-state index contributed by atoms with van der Waals surface area (Å²) in [5.41, 5.74) is 6.02. The Balaban J connectivity index is 2.84. The summed E-state index contributed by atoms with van der Waals surface area (Å²) < 4.78 is 19.0.